The van der Waals surface area contributed by atoms with E-state index in [4.69, 9.17) is 11.6 Å². The molecule has 0 amide bonds. The van der Waals surface area contributed by atoms with Gasteiger partial charge < -0.3 is 10.0 Å². The van der Waals surface area contributed by atoms with Gasteiger partial charge >= 0.3 is 0 Å². The number of nitrogens with zero attached hydrogens (tertiary/aromatic N) is 2. The van der Waals surface area contributed by atoms with Crippen molar-refractivity contribution in [2.24, 2.45) is 0 Å². The molecule has 1 N–H and O–H groups in total. The third kappa shape index (κ3) is 5.75. The molecule has 3 aromatic carbocycles. The molecule has 1 aliphatic heterocycles. The van der Waals surface area contributed by atoms with Crippen LogP contribution in [0.5, 0.6) is 0 Å². The number of benzene rings is 3. The molecule has 0 aromatic heterocycles. The third-order valence-corrected chi connectivity index (χ3v) is 6.55. The van der Waals surface area contributed by atoms with Crippen LogP contribution < -0.4 is 0 Å². The molecular formula is C27H31ClN2O. The summed E-state index contributed by atoms with van der Waals surface area (Å²) in [5, 5.41) is 12.6. The van der Waals surface area contributed by atoms with Crippen LogP contribution in [0, 0.1) is 0 Å². The maximum atomic E-state index is 11.8. The molecule has 3 aromatic rings. The molecule has 1 saturated heterocycles. The predicted molar refractivity (Wildman–Crippen MR) is 128 cm³/mol. The van der Waals surface area contributed by atoms with E-state index in [2.05, 4.69) is 21.9 Å². The minimum atomic E-state index is -0.974. The Hall–Kier alpha value is -2.17. The molecule has 0 unspecified atom stereocenters. The van der Waals surface area contributed by atoms with Crippen LogP contribution in [0.1, 0.15) is 29.5 Å². The molecule has 0 radical (unpaired) electrons. The van der Waals surface area contributed by atoms with Crippen LogP contribution >= 0.6 is 11.6 Å². The molecule has 0 bridgehead atoms. The monoisotopic (exact) mass is 434 g/mol. The van der Waals surface area contributed by atoms with E-state index in [1.54, 1.807) is 0 Å². The molecule has 0 atom stereocenters. The van der Waals surface area contributed by atoms with Crippen LogP contribution in [-0.4, -0.2) is 47.6 Å². The van der Waals surface area contributed by atoms with E-state index >= 15 is 0 Å². The summed E-state index contributed by atoms with van der Waals surface area (Å²) in [4.78, 5) is 5.02. The van der Waals surface area contributed by atoms with E-state index in [0.29, 0.717) is 6.42 Å². The third-order valence-electron chi connectivity index (χ3n) is 6.29. The van der Waals surface area contributed by atoms with Crippen molar-refractivity contribution in [1.82, 2.24) is 9.80 Å². The average Bonchev–Trinajstić information content (AvgIpc) is 3.05. The Morgan fingerprint density at radius 1 is 0.710 bits per heavy atom. The lowest BCUT2D eigenvalue weighted by atomic mass is 9.83. The molecule has 31 heavy (non-hydrogen) atoms. The molecule has 1 aliphatic rings. The van der Waals surface area contributed by atoms with Crippen molar-refractivity contribution in [2.75, 3.05) is 32.7 Å². The van der Waals surface area contributed by atoms with Gasteiger partial charge in [-0.05, 0) is 54.8 Å². The Morgan fingerprint density at radius 2 is 1.26 bits per heavy atom. The summed E-state index contributed by atoms with van der Waals surface area (Å²) in [6.45, 7) is 6.06. The highest BCUT2D eigenvalue weighted by atomic mass is 35.5. The van der Waals surface area contributed by atoms with Crippen LogP contribution in [-0.2, 0) is 12.1 Å². The van der Waals surface area contributed by atoms with E-state index in [-0.39, 0.29) is 0 Å². The average molecular weight is 435 g/mol. The Bertz CT molecular complexity index is 891. The fourth-order valence-electron chi connectivity index (χ4n) is 4.46. The van der Waals surface area contributed by atoms with Crippen molar-refractivity contribution >= 4 is 11.6 Å². The summed E-state index contributed by atoms with van der Waals surface area (Å²) in [5.74, 6) is 0. The molecule has 162 valence electrons. The van der Waals surface area contributed by atoms with Crippen molar-refractivity contribution in [1.29, 1.82) is 0 Å². The summed E-state index contributed by atoms with van der Waals surface area (Å²) < 4.78 is 0. The van der Waals surface area contributed by atoms with Crippen molar-refractivity contribution in [3.05, 3.63) is 107 Å². The Kier molecular flexibility index (Phi) is 7.41. The first-order chi connectivity index (χ1) is 15.1. The van der Waals surface area contributed by atoms with Gasteiger partial charge in [-0.3, -0.25) is 4.90 Å². The Morgan fingerprint density at radius 3 is 1.87 bits per heavy atom. The van der Waals surface area contributed by atoms with Crippen LogP contribution in [0.2, 0.25) is 5.02 Å². The number of hydrogen-bond acceptors (Lipinski definition) is 3. The quantitative estimate of drug-likeness (QED) is 0.555. The van der Waals surface area contributed by atoms with E-state index in [1.807, 2.05) is 72.8 Å². The minimum Gasteiger partial charge on any atom is -0.380 e. The second-order valence-corrected chi connectivity index (χ2v) is 8.88. The van der Waals surface area contributed by atoms with Gasteiger partial charge in [0.15, 0.2) is 0 Å². The second-order valence-electron chi connectivity index (χ2n) is 8.44. The molecule has 4 heteroatoms. The number of aliphatic hydroxyl groups is 1. The molecule has 1 heterocycles. The first-order valence-corrected chi connectivity index (χ1v) is 11.5. The van der Waals surface area contributed by atoms with Gasteiger partial charge in [0.05, 0.1) is 0 Å². The van der Waals surface area contributed by atoms with Crippen molar-refractivity contribution < 1.29 is 5.11 Å². The Balaban J connectivity index is 1.39. The van der Waals surface area contributed by atoms with E-state index in [0.717, 1.165) is 61.8 Å². The van der Waals surface area contributed by atoms with Crippen LogP contribution in [0.3, 0.4) is 0 Å². The van der Waals surface area contributed by atoms with E-state index in [1.165, 1.54) is 5.56 Å². The zero-order valence-electron chi connectivity index (χ0n) is 18.0. The molecule has 1 fully saturated rings. The first kappa shape index (κ1) is 22.0. The molecule has 0 spiro atoms. The predicted octanol–water partition coefficient (Wildman–Crippen LogP) is 5.17. The topological polar surface area (TPSA) is 26.7 Å². The van der Waals surface area contributed by atoms with Gasteiger partial charge in [-0.1, -0.05) is 84.4 Å². The maximum Gasteiger partial charge on any atom is 0.116 e. The Labute approximate surface area is 190 Å². The lowest BCUT2D eigenvalue weighted by Gasteiger charge is -2.32. The van der Waals surface area contributed by atoms with E-state index in [9.17, 15) is 5.11 Å². The van der Waals surface area contributed by atoms with Gasteiger partial charge in [-0.15, -0.1) is 0 Å². The molecule has 3 nitrogen and oxygen atoms in total. The van der Waals surface area contributed by atoms with Gasteiger partial charge in [0.25, 0.3) is 0 Å². The molecule has 0 aliphatic carbocycles. The summed E-state index contributed by atoms with van der Waals surface area (Å²) in [7, 11) is 0. The summed E-state index contributed by atoms with van der Waals surface area (Å²) in [6.07, 6.45) is 1.82. The van der Waals surface area contributed by atoms with Gasteiger partial charge in [-0.2, -0.15) is 0 Å². The second kappa shape index (κ2) is 10.4. The van der Waals surface area contributed by atoms with Crippen molar-refractivity contribution in [2.45, 2.75) is 25.0 Å². The highest BCUT2D eigenvalue weighted by molar-refractivity contribution is 6.30. The van der Waals surface area contributed by atoms with Crippen LogP contribution in [0.4, 0.5) is 0 Å². The summed E-state index contributed by atoms with van der Waals surface area (Å²) >= 11 is 6.02. The first-order valence-electron chi connectivity index (χ1n) is 11.2. The number of halogens is 1. The zero-order valence-corrected chi connectivity index (χ0v) is 18.7. The largest absolute Gasteiger partial charge is 0.380 e. The van der Waals surface area contributed by atoms with Gasteiger partial charge in [0, 0.05) is 31.2 Å². The minimum absolute atomic E-state index is 0.679. The highest BCUT2D eigenvalue weighted by Gasteiger charge is 2.32. The molecule has 4 rings (SSSR count). The number of hydrogen-bond donors (Lipinski definition) is 1. The molecular weight excluding hydrogens is 404 g/mol. The zero-order chi connectivity index (χ0) is 21.5. The summed E-state index contributed by atoms with van der Waals surface area (Å²) in [5.41, 5.74) is 2.25. The summed E-state index contributed by atoms with van der Waals surface area (Å²) in [6, 6.07) is 28.3. The van der Waals surface area contributed by atoms with Gasteiger partial charge in [0.2, 0.25) is 0 Å². The normalized spacial score (nSPS) is 16.2. The fourth-order valence-corrected chi connectivity index (χ4v) is 4.58. The lowest BCUT2D eigenvalue weighted by Crippen LogP contribution is -2.36. The highest BCUT2D eigenvalue weighted by Crippen LogP contribution is 2.33. The van der Waals surface area contributed by atoms with Gasteiger partial charge in [-0.25, -0.2) is 0 Å². The van der Waals surface area contributed by atoms with Crippen molar-refractivity contribution in [3.63, 3.8) is 0 Å². The van der Waals surface area contributed by atoms with Crippen LogP contribution in [0.15, 0.2) is 84.9 Å². The maximum absolute atomic E-state index is 11.8. The lowest BCUT2D eigenvalue weighted by molar-refractivity contribution is 0.0577. The fraction of sp³-hybridized carbons (Fsp3) is 0.333. The number of rotatable bonds is 7. The molecule has 0 saturated carbocycles. The van der Waals surface area contributed by atoms with Crippen molar-refractivity contribution in [3.8, 4) is 0 Å². The standard InChI is InChI=1S/C27H31ClN2O/c28-26-14-12-23(13-15-26)22-30-18-7-17-29(20-21-30)19-16-27(31,24-8-3-1-4-9-24)25-10-5-2-6-11-25/h1-6,8-15,31H,7,16-22H2. The SMILES string of the molecule is OC(CCN1CCCN(Cc2ccc(Cl)cc2)CC1)(c1ccccc1)c1ccccc1. The smallest absolute Gasteiger partial charge is 0.116 e. The van der Waals surface area contributed by atoms with E-state index < -0.39 is 5.60 Å². The van der Waals surface area contributed by atoms with Crippen LogP contribution in [0.25, 0.3) is 0 Å². The van der Waals surface area contributed by atoms with Gasteiger partial charge in [0.1, 0.15) is 5.60 Å².